The molecule has 24 heavy (non-hydrogen) atoms. The van der Waals surface area contributed by atoms with E-state index in [-0.39, 0.29) is 0 Å². The highest BCUT2D eigenvalue weighted by atomic mass is 32.2. The Morgan fingerprint density at radius 2 is 1.71 bits per heavy atom. The van der Waals surface area contributed by atoms with Crippen molar-refractivity contribution in [2.45, 2.75) is 25.2 Å². The molecule has 1 aromatic heterocycles. The van der Waals surface area contributed by atoms with E-state index in [9.17, 15) is 8.42 Å². The van der Waals surface area contributed by atoms with Gasteiger partial charge in [0, 0.05) is 22.9 Å². The number of aromatic nitrogens is 1. The van der Waals surface area contributed by atoms with E-state index in [2.05, 4.69) is 37.0 Å². The molecule has 0 aliphatic carbocycles. The number of rotatable bonds is 4. The van der Waals surface area contributed by atoms with Crippen LogP contribution in [0, 0.1) is 13.8 Å². The first-order valence-corrected chi connectivity index (χ1v) is 9.82. The van der Waals surface area contributed by atoms with Gasteiger partial charge in [0.1, 0.15) is 0 Å². The van der Waals surface area contributed by atoms with Gasteiger partial charge < -0.3 is 10.7 Å². The molecular formula is C19H22N2O2S. The molecule has 0 saturated heterocycles. The number of nitrogens with two attached hydrogens (primary N) is 1. The van der Waals surface area contributed by atoms with Crippen molar-refractivity contribution in [1.82, 2.24) is 4.98 Å². The van der Waals surface area contributed by atoms with E-state index in [1.807, 2.05) is 6.07 Å². The fourth-order valence-corrected chi connectivity index (χ4v) is 3.87. The Hall–Kier alpha value is -2.11. The maximum absolute atomic E-state index is 11.9. The van der Waals surface area contributed by atoms with Crippen LogP contribution >= 0.6 is 0 Å². The lowest BCUT2D eigenvalue weighted by Gasteiger charge is -2.07. The topological polar surface area (TPSA) is 76.0 Å². The molecule has 0 aliphatic rings. The fraction of sp³-hybridized carbons (Fsp3) is 0.263. The minimum atomic E-state index is -3.24. The first-order chi connectivity index (χ1) is 11.3. The summed E-state index contributed by atoms with van der Waals surface area (Å²) < 4.78 is 23.8. The molecule has 1 heterocycles. The second kappa shape index (κ2) is 6.07. The Morgan fingerprint density at radius 1 is 1.04 bits per heavy atom. The third-order valence-corrected chi connectivity index (χ3v) is 5.32. The molecule has 5 heteroatoms. The number of aryl methyl sites for hydroxylation is 2. The van der Waals surface area contributed by atoms with Crippen molar-refractivity contribution in [1.29, 1.82) is 0 Å². The van der Waals surface area contributed by atoms with E-state index in [0.717, 1.165) is 27.7 Å². The molecule has 4 nitrogen and oxygen atoms in total. The summed E-state index contributed by atoms with van der Waals surface area (Å²) in [6.07, 6.45) is 1.92. The first-order valence-electron chi connectivity index (χ1n) is 7.93. The van der Waals surface area contributed by atoms with Crippen LogP contribution in [0.4, 0.5) is 0 Å². The molecule has 0 atom stereocenters. The predicted molar refractivity (Wildman–Crippen MR) is 99.1 cm³/mol. The average molecular weight is 342 g/mol. The zero-order valence-electron chi connectivity index (χ0n) is 14.2. The number of fused-ring (bicyclic) bond motifs is 1. The third-order valence-electron chi connectivity index (χ3n) is 4.21. The molecular weight excluding hydrogens is 320 g/mol. The normalized spacial score (nSPS) is 12.0. The molecule has 3 N–H and O–H groups in total. The van der Waals surface area contributed by atoms with Crippen molar-refractivity contribution in [2.75, 3.05) is 12.8 Å². The number of H-pyrrole nitrogens is 1. The summed E-state index contributed by atoms with van der Waals surface area (Å²) in [6, 6.07) is 11.6. The van der Waals surface area contributed by atoms with Gasteiger partial charge in [0.05, 0.1) is 4.90 Å². The second-order valence-corrected chi connectivity index (χ2v) is 8.39. The average Bonchev–Trinajstić information content (AvgIpc) is 2.84. The molecule has 0 bridgehead atoms. The number of aromatic amines is 1. The summed E-state index contributed by atoms with van der Waals surface area (Å²) in [5, 5.41) is 0.928. The maximum atomic E-state index is 11.9. The highest BCUT2D eigenvalue weighted by molar-refractivity contribution is 7.90. The predicted octanol–water partition coefficient (Wildman–Crippen LogP) is 3.36. The van der Waals surface area contributed by atoms with Gasteiger partial charge in [0.2, 0.25) is 0 Å². The van der Waals surface area contributed by atoms with Crippen LogP contribution in [0.2, 0.25) is 0 Å². The van der Waals surface area contributed by atoms with Crippen molar-refractivity contribution >= 4 is 20.7 Å². The monoisotopic (exact) mass is 342 g/mol. The Morgan fingerprint density at radius 3 is 2.29 bits per heavy atom. The van der Waals surface area contributed by atoms with E-state index in [1.165, 1.54) is 17.4 Å². The molecule has 0 spiro atoms. The zero-order chi connectivity index (χ0) is 17.5. The third kappa shape index (κ3) is 3.09. The molecule has 0 unspecified atom stereocenters. The van der Waals surface area contributed by atoms with Crippen molar-refractivity contribution in [3.8, 4) is 11.3 Å². The molecule has 126 valence electrons. The molecule has 0 aliphatic heterocycles. The van der Waals surface area contributed by atoms with E-state index < -0.39 is 9.84 Å². The standard InChI is InChI=1S/C19H22N2O2S/c1-12-8-13(2)10-14(9-12)19-16(6-7-20)17-11-15(24(3,22)23)4-5-18(17)21-19/h4-5,8-11,21H,6-7,20H2,1-3H3. The summed E-state index contributed by atoms with van der Waals surface area (Å²) in [6.45, 7) is 4.65. The van der Waals surface area contributed by atoms with Crippen molar-refractivity contribution < 1.29 is 8.42 Å². The van der Waals surface area contributed by atoms with E-state index in [0.29, 0.717) is 17.9 Å². The summed E-state index contributed by atoms with van der Waals surface area (Å²) in [5.74, 6) is 0. The molecule has 2 aromatic carbocycles. The largest absolute Gasteiger partial charge is 0.354 e. The van der Waals surface area contributed by atoms with Gasteiger partial charge in [-0.25, -0.2) is 8.42 Å². The fourth-order valence-electron chi connectivity index (χ4n) is 3.23. The number of sulfone groups is 1. The van der Waals surface area contributed by atoms with Gasteiger partial charge in [0.15, 0.2) is 9.84 Å². The highest BCUT2D eigenvalue weighted by Crippen LogP contribution is 2.33. The van der Waals surface area contributed by atoms with Crippen LogP contribution in [0.1, 0.15) is 16.7 Å². The molecule has 0 amide bonds. The van der Waals surface area contributed by atoms with Crippen LogP contribution in [0.15, 0.2) is 41.3 Å². The van der Waals surface area contributed by atoms with Gasteiger partial charge in [-0.2, -0.15) is 0 Å². The minimum Gasteiger partial charge on any atom is -0.354 e. The zero-order valence-corrected chi connectivity index (χ0v) is 15.0. The Balaban J connectivity index is 2.30. The summed E-state index contributed by atoms with van der Waals surface area (Å²) in [7, 11) is -3.24. The lowest BCUT2D eigenvalue weighted by Crippen LogP contribution is -2.03. The first kappa shape index (κ1) is 16.7. The molecule has 3 rings (SSSR count). The Kier molecular flexibility index (Phi) is 4.24. The smallest absolute Gasteiger partial charge is 0.175 e. The van der Waals surface area contributed by atoms with E-state index >= 15 is 0 Å². The maximum Gasteiger partial charge on any atom is 0.175 e. The number of nitrogens with one attached hydrogen (secondary N) is 1. The van der Waals surface area contributed by atoms with Gasteiger partial charge in [0.25, 0.3) is 0 Å². The van der Waals surface area contributed by atoms with Crippen LogP contribution in [-0.2, 0) is 16.3 Å². The number of hydrogen-bond acceptors (Lipinski definition) is 3. The summed E-state index contributed by atoms with van der Waals surface area (Å²) >= 11 is 0. The van der Waals surface area contributed by atoms with Gasteiger partial charge in [-0.3, -0.25) is 0 Å². The van der Waals surface area contributed by atoms with Crippen LogP contribution in [-0.4, -0.2) is 26.2 Å². The molecule has 0 fully saturated rings. The summed E-state index contributed by atoms with van der Waals surface area (Å²) in [5.41, 5.74) is 12.3. The second-order valence-electron chi connectivity index (χ2n) is 6.37. The Bertz CT molecular complexity index is 997. The lowest BCUT2D eigenvalue weighted by molar-refractivity contribution is 0.602. The highest BCUT2D eigenvalue weighted by Gasteiger charge is 2.16. The van der Waals surface area contributed by atoms with Crippen LogP contribution < -0.4 is 5.73 Å². The van der Waals surface area contributed by atoms with Gasteiger partial charge in [-0.15, -0.1) is 0 Å². The molecule has 0 saturated carbocycles. The lowest BCUT2D eigenvalue weighted by atomic mass is 9.99. The molecule has 3 aromatic rings. The van der Waals surface area contributed by atoms with Crippen molar-refractivity contribution in [3.63, 3.8) is 0 Å². The van der Waals surface area contributed by atoms with Gasteiger partial charge in [-0.1, -0.05) is 17.2 Å². The van der Waals surface area contributed by atoms with Gasteiger partial charge >= 0.3 is 0 Å². The number of hydrogen-bond donors (Lipinski definition) is 2. The van der Waals surface area contributed by atoms with Crippen LogP contribution in [0.3, 0.4) is 0 Å². The van der Waals surface area contributed by atoms with Crippen molar-refractivity contribution in [2.24, 2.45) is 5.73 Å². The summed E-state index contributed by atoms with van der Waals surface area (Å²) in [4.78, 5) is 3.78. The Labute approximate surface area is 142 Å². The van der Waals surface area contributed by atoms with Crippen molar-refractivity contribution in [3.05, 3.63) is 53.1 Å². The molecule has 0 radical (unpaired) electrons. The van der Waals surface area contributed by atoms with E-state index in [1.54, 1.807) is 12.1 Å². The van der Waals surface area contributed by atoms with E-state index in [4.69, 9.17) is 5.73 Å². The SMILES string of the molecule is Cc1cc(C)cc(-c2[nH]c3ccc(S(C)(=O)=O)cc3c2CCN)c1. The number of benzene rings is 2. The minimum absolute atomic E-state index is 0.333. The van der Waals surface area contributed by atoms with Crippen LogP contribution in [0.25, 0.3) is 22.2 Å². The quantitative estimate of drug-likeness (QED) is 0.763. The van der Waals surface area contributed by atoms with Crippen LogP contribution in [0.5, 0.6) is 0 Å². The van der Waals surface area contributed by atoms with Gasteiger partial charge in [-0.05, 0) is 68.3 Å².